The van der Waals surface area contributed by atoms with Crippen LogP contribution in [0.4, 0.5) is 4.79 Å². The summed E-state index contributed by atoms with van der Waals surface area (Å²) in [6.07, 6.45) is 1.66. The molecule has 0 aliphatic rings. The van der Waals surface area contributed by atoms with Gasteiger partial charge >= 0.3 is 6.03 Å². The lowest BCUT2D eigenvalue weighted by molar-refractivity contribution is 0.239. The number of urea groups is 1. The molecule has 122 valence electrons. The standard InChI is InChI=1S/C17H21N3O3/c1-3-23-16-14(8-6-10-18-16)12-20-17(21)19-11-13-7-4-5-9-15(13)22-2/h4-10H,3,11-12H2,1-2H3,(H2,19,20,21). The molecular formula is C17H21N3O3. The summed E-state index contributed by atoms with van der Waals surface area (Å²) in [6.45, 7) is 3.16. The van der Waals surface area contributed by atoms with Crippen LogP contribution >= 0.6 is 0 Å². The second-order valence-electron chi connectivity index (χ2n) is 4.75. The van der Waals surface area contributed by atoms with E-state index >= 15 is 0 Å². The highest BCUT2D eigenvalue weighted by Crippen LogP contribution is 2.16. The largest absolute Gasteiger partial charge is 0.496 e. The van der Waals surface area contributed by atoms with Gasteiger partial charge in [0, 0.05) is 30.4 Å². The topological polar surface area (TPSA) is 72.5 Å². The first-order valence-electron chi connectivity index (χ1n) is 7.45. The van der Waals surface area contributed by atoms with Gasteiger partial charge in [0.05, 0.1) is 13.7 Å². The van der Waals surface area contributed by atoms with Crippen LogP contribution in [0, 0.1) is 0 Å². The molecule has 0 saturated carbocycles. The lowest BCUT2D eigenvalue weighted by Gasteiger charge is -2.12. The molecule has 6 heteroatoms. The van der Waals surface area contributed by atoms with E-state index in [4.69, 9.17) is 9.47 Å². The third-order valence-electron chi connectivity index (χ3n) is 3.20. The van der Waals surface area contributed by atoms with Crippen LogP contribution in [0.2, 0.25) is 0 Å². The molecule has 2 N–H and O–H groups in total. The van der Waals surface area contributed by atoms with Crippen molar-refractivity contribution in [3.05, 3.63) is 53.7 Å². The molecule has 0 aliphatic heterocycles. The van der Waals surface area contributed by atoms with Crippen LogP contribution in [0.5, 0.6) is 11.6 Å². The molecule has 2 rings (SSSR count). The second kappa shape index (κ2) is 8.63. The van der Waals surface area contributed by atoms with Crippen molar-refractivity contribution in [2.45, 2.75) is 20.0 Å². The molecule has 0 spiro atoms. The van der Waals surface area contributed by atoms with E-state index in [0.717, 1.165) is 16.9 Å². The number of aromatic nitrogens is 1. The lowest BCUT2D eigenvalue weighted by atomic mass is 10.2. The van der Waals surface area contributed by atoms with E-state index in [1.54, 1.807) is 13.3 Å². The number of benzene rings is 1. The van der Waals surface area contributed by atoms with Gasteiger partial charge < -0.3 is 20.1 Å². The molecule has 0 radical (unpaired) electrons. The van der Waals surface area contributed by atoms with Crippen LogP contribution in [0.25, 0.3) is 0 Å². The number of carbonyl (C=O) groups excluding carboxylic acids is 1. The summed E-state index contributed by atoms with van der Waals surface area (Å²) >= 11 is 0. The van der Waals surface area contributed by atoms with Gasteiger partial charge in [-0.15, -0.1) is 0 Å². The minimum absolute atomic E-state index is 0.262. The number of pyridine rings is 1. The van der Waals surface area contributed by atoms with E-state index in [1.165, 1.54) is 0 Å². The van der Waals surface area contributed by atoms with Gasteiger partial charge in [-0.1, -0.05) is 24.3 Å². The van der Waals surface area contributed by atoms with E-state index in [2.05, 4.69) is 15.6 Å². The number of nitrogens with zero attached hydrogens (tertiary/aromatic N) is 1. The molecule has 1 heterocycles. The number of methoxy groups -OCH3 is 1. The van der Waals surface area contributed by atoms with Crippen LogP contribution < -0.4 is 20.1 Å². The average molecular weight is 315 g/mol. The lowest BCUT2D eigenvalue weighted by Crippen LogP contribution is -2.34. The van der Waals surface area contributed by atoms with Crippen molar-refractivity contribution in [3.8, 4) is 11.6 Å². The fourth-order valence-electron chi connectivity index (χ4n) is 2.09. The molecule has 0 fully saturated rings. The van der Waals surface area contributed by atoms with Gasteiger partial charge in [-0.05, 0) is 19.1 Å². The molecule has 1 aromatic carbocycles. The Kier molecular flexibility index (Phi) is 6.23. The SMILES string of the molecule is CCOc1ncccc1CNC(=O)NCc1ccccc1OC. The van der Waals surface area contributed by atoms with Gasteiger partial charge in [0.15, 0.2) is 0 Å². The third kappa shape index (κ3) is 4.88. The van der Waals surface area contributed by atoms with Gasteiger partial charge in [-0.25, -0.2) is 9.78 Å². The van der Waals surface area contributed by atoms with Crippen molar-refractivity contribution < 1.29 is 14.3 Å². The Bertz CT molecular complexity index is 646. The normalized spacial score (nSPS) is 10.0. The zero-order chi connectivity index (χ0) is 16.5. The van der Waals surface area contributed by atoms with Crippen molar-refractivity contribution in [3.63, 3.8) is 0 Å². The number of amides is 2. The molecule has 23 heavy (non-hydrogen) atoms. The maximum absolute atomic E-state index is 11.9. The summed E-state index contributed by atoms with van der Waals surface area (Å²) in [4.78, 5) is 16.1. The van der Waals surface area contributed by atoms with Gasteiger partial charge in [0.1, 0.15) is 5.75 Å². The first-order chi connectivity index (χ1) is 11.2. The second-order valence-corrected chi connectivity index (χ2v) is 4.75. The summed E-state index contributed by atoms with van der Waals surface area (Å²) in [5, 5.41) is 5.60. The first-order valence-corrected chi connectivity index (χ1v) is 7.45. The Balaban J connectivity index is 1.86. The van der Waals surface area contributed by atoms with Crippen LogP contribution in [0.3, 0.4) is 0 Å². The maximum Gasteiger partial charge on any atom is 0.315 e. The smallest absolute Gasteiger partial charge is 0.315 e. The molecule has 0 aliphatic carbocycles. The van der Waals surface area contributed by atoms with Crippen LogP contribution in [-0.4, -0.2) is 24.7 Å². The van der Waals surface area contributed by atoms with E-state index in [1.807, 2.05) is 43.3 Å². The molecule has 2 aromatic rings. The van der Waals surface area contributed by atoms with E-state index in [0.29, 0.717) is 25.6 Å². The molecule has 0 saturated heterocycles. The molecule has 2 amide bonds. The van der Waals surface area contributed by atoms with Crippen LogP contribution in [0.15, 0.2) is 42.6 Å². The number of hydrogen-bond acceptors (Lipinski definition) is 4. The first kappa shape index (κ1) is 16.6. The number of rotatable bonds is 7. The highest BCUT2D eigenvalue weighted by atomic mass is 16.5. The van der Waals surface area contributed by atoms with Crippen LogP contribution in [-0.2, 0) is 13.1 Å². The zero-order valence-corrected chi connectivity index (χ0v) is 13.3. The van der Waals surface area contributed by atoms with Crippen LogP contribution in [0.1, 0.15) is 18.1 Å². The highest BCUT2D eigenvalue weighted by molar-refractivity contribution is 5.74. The summed E-state index contributed by atoms with van der Waals surface area (Å²) in [6, 6.07) is 11.0. The summed E-state index contributed by atoms with van der Waals surface area (Å²) in [5.74, 6) is 1.29. The molecule has 1 aromatic heterocycles. The number of ether oxygens (including phenoxy) is 2. The summed E-state index contributed by atoms with van der Waals surface area (Å²) in [7, 11) is 1.61. The Labute approximate surface area is 135 Å². The fourth-order valence-corrected chi connectivity index (χ4v) is 2.09. The average Bonchev–Trinajstić information content (AvgIpc) is 2.59. The van der Waals surface area contributed by atoms with Crippen molar-refractivity contribution in [1.29, 1.82) is 0 Å². The van der Waals surface area contributed by atoms with Gasteiger partial charge in [-0.3, -0.25) is 0 Å². The molecule has 6 nitrogen and oxygen atoms in total. The van der Waals surface area contributed by atoms with Crippen molar-refractivity contribution in [2.75, 3.05) is 13.7 Å². The fraction of sp³-hybridized carbons (Fsp3) is 0.294. The number of para-hydroxylation sites is 1. The van der Waals surface area contributed by atoms with E-state index in [-0.39, 0.29) is 6.03 Å². The predicted molar refractivity (Wildman–Crippen MR) is 87.5 cm³/mol. The van der Waals surface area contributed by atoms with Gasteiger partial charge in [0.25, 0.3) is 0 Å². The molecular weight excluding hydrogens is 294 g/mol. The van der Waals surface area contributed by atoms with E-state index in [9.17, 15) is 4.79 Å². The molecule has 0 atom stereocenters. The minimum Gasteiger partial charge on any atom is -0.496 e. The van der Waals surface area contributed by atoms with Crippen molar-refractivity contribution in [2.24, 2.45) is 0 Å². The third-order valence-corrected chi connectivity index (χ3v) is 3.20. The quantitative estimate of drug-likeness (QED) is 0.823. The zero-order valence-electron chi connectivity index (χ0n) is 13.3. The Hall–Kier alpha value is -2.76. The minimum atomic E-state index is -0.262. The Morgan fingerprint density at radius 1 is 1.09 bits per heavy atom. The highest BCUT2D eigenvalue weighted by Gasteiger charge is 2.07. The predicted octanol–water partition coefficient (Wildman–Crippen LogP) is 2.49. The number of carbonyl (C=O) groups is 1. The van der Waals surface area contributed by atoms with Crippen molar-refractivity contribution in [1.82, 2.24) is 15.6 Å². The molecule has 0 bridgehead atoms. The number of hydrogen-bond donors (Lipinski definition) is 2. The molecule has 0 unspecified atom stereocenters. The van der Waals surface area contributed by atoms with Crippen molar-refractivity contribution >= 4 is 6.03 Å². The van der Waals surface area contributed by atoms with Gasteiger partial charge in [0.2, 0.25) is 5.88 Å². The monoisotopic (exact) mass is 315 g/mol. The summed E-state index contributed by atoms with van der Waals surface area (Å²) < 4.78 is 10.7. The summed E-state index contributed by atoms with van der Waals surface area (Å²) in [5.41, 5.74) is 1.75. The Morgan fingerprint density at radius 2 is 1.78 bits per heavy atom. The van der Waals surface area contributed by atoms with E-state index < -0.39 is 0 Å². The Morgan fingerprint density at radius 3 is 2.52 bits per heavy atom. The maximum atomic E-state index is 11.9. The van der Waals surface area contributed by atoms with Gasteiger partial charge in [-0.2, -0.15) is 0 Å². The number of nitrogens with one attached hydrogen (secondary N) is 2.